The highest BCUT2D eigenvalue weighted by atomic mass is 32.2. The Labute approximate surface area is 120 Å². The van der Waals surface area contributed by atoms with Gasteiger partial charge in [0.25, 0.3) is 0 Å². The first-order chi connectivity index (χ1) is 9.15. The summed E-state index contributed by atoms with van der Waals surface area (Å²) in [5.74, 6) is 0.673. The Morgan fingerprint density at radius 2 is 1.95 bits per heavy atom. The number of alkyl halides is 3. The molecule has 0 amide bonds. The summed E-state index contributed by atoms with van der Waals surface area (Å²) >= 11 is 1.26. The van der Waals surface area contributed by atoms with E-state index in [0.29, 0.717) is 17.1 Å². The van der Waals surface area contributed by atoms with Crippen LogP contribution in [0.3, 0.4) is 0 Å². The Morgan fingerprint density at radius 3 is 2.45 bits per heavy atom. The fourth-order valence-electron chi connectivity index (χ4n) is 1.46. The lowest BCUT2D eigenvalue weighted by Crippen LogP contribution is -2.09. The molecule has 0 fully saturated rings. The summed E-state index contributed by atoms with van der Waals surface area (Å²) in [5, 5.41) is 0. The molecular formula is C12H16F3NO2S2. The van der Waals surface area contributed by atoms with Crippen molar-refractivity contribution in [3.8, 4) is 0 Å². The van der Waals surface area contributed by atoms with E-state index in [-0.39, 0.29) is 17.2 Å². The van der Waals surface area contributed by atoms with Crippen molar-refractivity contribution in [3.63, 3.8) is 0 Å². The van der Waals surface area contributed by atoms with Crippen LogP contribution in [0.2, 0.25) is 0 Å². The normalized spacial score (nSPS) is 12.6. The lowest BCUT2D eigenvalue weighted by Gasteiger charge is -2.10. The number of nitrogen functional groups attached to an aromatic ring is 1. The largest absolute Gasteiger partial charge is 0.416 e. The zero-order valence-corrected chi connectivity index (χ0v) is 12.5. The molecule has 0 atom stereocenters. The molecule has 0 aliphatic carbocycles. The van der Waals surface area contributed by atoms with Crippen LogP contribution in [0.15, 0.2) is 23.1 Å². The van der Waals surface area contributed by atoms with Crippen LogP contribution >= 0.6 is 11.8 Å². The molecule has 8 heteroatoms. The number of hydrogen-bond acceptors (Lipinski definition) is 4. The van der Waals surface area contributed by atoms with Crippen molar-refractivity contribution < 1.29 is 21.6 Å². The summed E-state index contributed by atoms with van der Waals surface area (Å²) in [5.41, 5.74) is 4.85. The molecule has 0 heterocycles. The van der Waals surface area contributed by atoms with E-state index >= 15 is 0 Å². The molecule has 0 radical (unpaired) electrons. The van der Waals surface area contributed by atoms with Crippen LogP contribution < -0.4 is 5.73 Å². The monoisotopic (exact) mass is 327 g/mol. The minimum absolute atomic E-state index is 0.0585. The lowest BCUT2D eigenvalue weighted by molar-refractivity contribution is -0.137. The molecule has 0 saturated heterocycles. The highest BCUT2D eigenvalue weighted by Crippen LogP contribution is 2.34. The van der Waals surface area contributed by atoms with E-state index in [4.69, 9.17) is 5.73 Å². The average Bonchev–Trinajstić information content (AvgIpc) is 2.35. The van der Waals surface area contributed by atoms with Gasteiger partial charge in [0.05, 0.1) is 11.3 Å². The second-order valence-electron chi connectivity index (χ2n) is 4.19. The predicted molar refractivity (Wildman–Crippen MR) is 75.5 cm³/mol. The van der Waals surface area contributed by atoms with Crippen LogP contribution in [0.1, 0.15) is 18.9 Å². The number of thioether (sulfide) groups is 1. The molecule has 0 aliphatic heterocycles. The Morgan fingerprint density at radius 1 is 1.30 bits per heavy atom. The smallest absolute Gasteiger partial charge is 0.398 e. The topological polar surface area (TPSA) is 60.2 Å². The van der Waals surface area contributed by atoms with E-state index in [2.05, 4.69) is 0 Å². The standard InChI is InChI=1S/C12H16F3NO2S2/c1-2-20(17,18)7-3-6-19-11-5-4-9(8-10(11)16)12(13,14)15/h4-5,8H,2-3,6-7,16H2,1H3. The molecule has 0 spiro atoms. The predicted octanol–water partition coefficient (Wildman–Crippen LogP) is 3.20. The molecule has 0 aromatic heterocycles. The maximum atomic E-state index is 12.4. The maximum Gasteiger partial charge on any atom is 0.416 e. The maximum absolute atomic E-state index is 12.4. The first-order valence-electron chi connectivity index (χ1n) is 5.95. The van der Waals surface area contributed by atoms with Crippen molar-refractivity contribution in [1.29, 1.82) is 0 Å². The minimum Gasteiger partial charge on any atom is -0.398 e. The molecule has 0 saturated carbocycles. The summed E-state index contributed by atoms with van der Waals surface area (Å²) in [4.78, 5) is 0.534. The van der Waals surface area contributed by atoms with E-state index in [1.807, 2.05) is 0 Å². The molecule has 1 rings (SSSR count). The summed E-state index contributed by atoms with van der Waals surface area (Å²) < 4.78 is 59.9. The molecule has 0 bridgehead atoms. The molecule has 1 aromatic carbocycles. The number of sulfone groups is 1. The van der Waals surface area contributed by atoms with Gasteiger partial charge >= 0.3 is 6.18 Å². The molecule has 0 aliphatic rings. The summed E-state index contributed by atoms with van der Waals surface area (Å²) in [7, 11) is -3.00. The van der Waals surface area contributed by atoms with Crippen molar-refractivity contribution >= 4 is 27.3 Å². The Kier molecular flexibility index (Phi) is 5.76. The summed E-state index contributed by atoms with van der Waals surface area (Å²) in [6.45, 7) is 1.58. The van der Waals surface area contributed by atoms with Crippen molar-refractivity contribution in [2.75, 3.05) is 23.0 Å². The van der Waals surface area contributed by atoms with Gasteiger partial charge in [0.15, 0.2) is 0 Å². The SMILES string of the molecule is CCS(=O)(=O)CCCSc1ccc(C(F)(F)F)cc1N. The third kappa shape index (κ3) is 5.24. The minimum atomic E-state index is -4.41. The average molecular weight is 327 g/mol. The molecule has 20 heavy (non-hydrogen) atoms. The molecule has 2 N–H and O–H groups in total. The van der Waals surface area contributed by atoms with Gasteiger partial charge in [0.1, 0.15) is 9.84 Å². The fourth-order valence-corrected chi connectivity index (χ4v) is 3.42. The molecule has 3 nitrogen and oxygen atoms in total. The molecular weight excluding hydrogens is 311 g/mol. The van der Waals surface area contributed by atoms with Gasteiger partial charge in [-0.1, -0.05) is 6.92 Å². The Balaban J connectivity index is 2.58. The fraction of sp³-hybridized carbons (Fsp3) is 0.500. The van der Waals surface area contributed by atoms with Crippen LogP contribution in [0, 0.1) is 0 Å². The number of benzene rings is 1. The number of hydrogen-bond donors (Lipinski definition) is 1. The van der Waals surface area contributed by atoms with Crippen molar-refractivity contribution in [3.05, 3.63) is 23.8 Å². The molecule has 114 valence electrons. The van der Waals surface area contributed by atoms with Crippen molar-refractivity contribution in [2.24, 2.45) is 0 Å². The van der Waals surface area contributed by atoms with E-state index in [9.17, 15) is 21.6 Å². The highest BCUT2D eigenvalue weighted by molar-refractivity contribution is 7.99. The number of halogens is 3. The Bertz CT molecular complexity index is 556. The summed E-state index contributed by atoms with van der Waals surface area (Å²) in [6, 6.07) is 3.18. The quantitative estimate of drug-likeness (QED) is 0.495. The van der Waals surface area contributed by atoms with E-state index in [1.165, 1.54) is 17.8 Å². The molecule has 1 aromatic rings. The van der Waals surface area contributed by atoms with E-state index < -0.39 is 21.6 Å². The van der Waals surface area contributed by atoms with Gasteiger partial charge in [-0.05, 0) is 30.4 Å². The number of nitrogens with two attached hydrogens (primary N) is 1. The van der Waals surface area contributed by atoms with E-state index in [0.717, 1.165) is 12.1 Å². The second-order valence-corrected chi connectivity index (χ2v) is 7.80. The van der Waals surface area contributed by atoms with Crippen molar-refractivity contribution in [1.82, 2.24) is 0 Å². The number of rotatable bonds is 6. The second kappa shape index (κ2) is 6.71. The van der Waals surface area contributed by atoms with E-state index in [1.54, 1.807) is 6.92 Å². The lowest BCUT2D eigenvalue weighted by atomic mass is 10.2. The van der Waals surface area contributed by atoms with Crippen LogP contribution in [-0.2, 0) is 16.0 Å². The van der Waals surface area contributed by atoms with Crippen LogP contribution in [-0.4, -0.2) is 25.7 Å². The van der Waals surface area contributed by atoms with Gasteiger partial charge < -0.3 is 5.73 Å². The van der Waals surface area contributed by atoms with Crippen LogP contribution in [0.5, 0.6) is 0 Å². The van der Waals surface area contributed by atoms with Crippen LogP contribution in [0.25, 0.3) is 0 Å². The van der Waals surface area contributed by atoms with Gasteiger partial charge in [0, 0.05) is 16.3 Å². The zero-order valence-electron chi connectivity index (χ0n) is 10.9. The highest BCUT2D eigenvalue weighted by Gasteiger charge is 2.30. The van der Waals surface area contributed by atoms with Crippen LogP contribution in [0.4, 0.5) is 18.9 Å². The van der Waals surface area contributed by atoms with Crippen molar-refractivity contribution in [2.45, 2.75) is 24.4 Å². The third-order valence-electron chi connectivity index (χ3n) is 2.63. The zero-order chi connectivity index (χ0) is 15.4. The number of anilines is 1. The van der Waals surface area contributed by atoms with Gasteiger partial charge in [-0.3, -0.25) is 0 Å². The van der Waals surface area contributed by atoms with Gasteiger partial charge in [0.2, 0.25) is 0 Å². The van der Waals surface area contributed by atoms with Gasteiger partial charge in [-0.15, -0.1) is 11.8 Å². The third-order valence-corrected chi connectivity index (χ3v) is 5.60. The van der Waals surface area contributed by atoms with Gasteiger partial charge in [-0.25, -0.2) is 8.42 Å². The van der Waals surface area contributed by atoms with Gasteiger partial charge in [-0.2, -0.15) is 13.2 Å². The molecule has 0 unspecified atom stereocenters. The Hall–Kier alpha value is -0.890. The first-order valence-corrected chi connectivity index (χ1v) is 8.76. The summed E-state index contributed by atoms with van der Waals surface area (Å²) in [6.07, 6.45) is -3.96. The first kappa shape index (κ1) is 17.2.